The highest BCUT2D eigenvalue weighted by Gasteiger charge is 2.01. The number of nitrogens with zero attached hydrogens (tertiary/aromatic N) is 1. The number of ether oxygens (including phenoxy) is 1. The zero-order valence-electron chi connectivity index (χ0n) is 11.4. The van der Waals surface area contributed by atoms with Crippen molar-refractivity contribution in [3.8, 4) is 11.8 Å². The summed E-state index contributed by atoms with van der Waals surface area (Å²) in [6, 6.07) is 15.3. The van der Waals surface area contributed by atoms with Crippen LogP contribution >= 0.6 is 0 Å². The van der Waals surface area contributed by atoms with Crippen molar-refractivity contribution in [3.05, 3.63) is 53.6 Å². The minimum atomic E-state index is 0.603. The highest BCUT2D eigenvalue weighted by Crippen LogP contribution is 2.19. The molecule has 0 spiro atoms. The monoisotopic (exact) mass is 267 g/mol. The van der Waals surface area contributed by atoms with E-state index in [0.29, 0.717) is 11.3 Å². The first-order chi connectivity index (χ1) is 9.72. The molecule has 0 bridgehead atoms. The topological polar surface area (TPSA) is 71.1 Å². The van der Waals surface area contributed by atoms with Crippen LogP contribution in [0.4, 0.5) is 11.4 Å². The van der Waals surface area contributed by atoms with Gasteiger partial charge in [-0.05, 0) is 42.3 Å². The van der Waals surface area contributed by atoms with E-state index < -0.39 is 0 Å². The summed E-state index contributed by atoms with van der Waals surface area (Å²) in [6.07, 6.45) is 0.875. The summed E-state index contributed by atoms with van der Waals surface area (Å²) in [5, 5.41) is 12.1. The van der Waals surface area contributed by atoms with Gasteiger partial charge in [-0.1, -0.05) is 12.1 Å². The zero-order valence-corrected chi connectivity index (χ0v) is 11.4. The number of nitriles is 1. The minimum Gasteiger partial charge on any atom is -0.497 e. The third-order valence-corrected chi connectivity index (χ3v) is 3.07. The fourth-order valence-electron chi connectivity index (χ4n) is 1.91. The first-order valence-electron chi connectivity index (χ1n) is 6.39. The van der Waals surface area contributed by atoms with E-state index in [-0.39, 0.29) is 0 Å². The molecule has 0 aromatic heterocycles. The van der Waals surface area contributed by atoms with E-state index in [0.717, 1.165) is 24.4 Å². The van der Waals surface area contributed by atoms with Gasteiger partial charge in [-0.15, -0.1) is 0 Å². The maximum Gasteiger partial charge on any atom is 0.118 e. The van der Waals surface area contributed by atoms with E-state index >= 15 is 0 Å². The lowest BCUT2D eigenvalue weighted by atomic mass is 10.1. The highest BCUT2D eigenvalue weighted by molar-refractivity contribution is 5.68. The smallest absolute Gasteiger partial charge is 0.118 e. The average Bonchev–Trinajstić information content (AvgIpc) is 2.50. The van der Waals surface area contributed by atoms with Crippen molar-refractivity contribution in [2.75, 3.05) is 24.7 Å². The first-order valence-corrected chi connectivity index (χ1v) is 6.39. The van der Waals surface area contributed by atoms with Gasteiger partial charge in [0, 0.05) is 6.54 Å². The Morgan fingerprint density at radius 3 is 2.60 bits per heavy atom. The molecule has 0 amide bonds. The Kier molecular flexibility index (Phi) is 4.46. The molecule has 2 rings (SSSR count). The Morgan fingerprint density at radius 2 is 1.95 bits per heavy atom. The van der Waals surface area contributed by atoms with Gasteiger partial charge in [-0.25, -0.2) is 0 Å². The van der Waals surface area contributed by atoms with Gasteiger partial charge in [0.15, 0.2) is 0 Å². The maximum atomic E-state index is 8.88. The molecule has 0 saturated carbocycles. The summed E-state index contributed by atoms with van der Waals surface area (Å²) in [6.45, 7) is 0.755. The summed E-state index contributed by atoms with van der Waals surface area (Å²) >= 11 is 0. The molecular weight excluding hydrogens is 250 g/mol. The lowest BCUT2D eigenvalue weighted by Gasteiger charge is -2.10. The number of hydrogen-bond acceptors (Lipinski definition) is 4. The van der Waals surface area contributed by atoms with Crippen LogP contribution in [0, 0.1) is 11.3 Å². The number of nitrogen functional groups attached to an aromatic ring is 1. The van der Waals surface area contributed by atoms with Crippen molar-refractivity contribution in [1.82, 2.24) is 0 Å². The van der Waals surface area contributed by atoms with E-state index in [1.54, 1.807) is 25.3 Å². The van der Waals surface area contributed by atoms with Crippen LogP contribution in [0.5, 0.6) is 5.75 Å². The molecule has 0 heterocycles. The number of nitrogens with one attached hydrogen (secondary N) is 1. The molecule has 0 saturated heterocycles. The predicted molar refractivity (Wildman–Crippen MR) is 80.8 cm³/mol. The summed E-state index contributed by atoms with van der Waals surface area (Å²) < 4.78 is 5.12. The molecule has 0 unspecified atom stereocenters. The standard InChI is InChI=1S/C16H17N3O/c1-20-14-5-2-12(3-6-14)8-9-19-16-10-13(11-17)4-7-15(16)18/h2-7,10,19H,8-9,18H2,1H3. The Bertz CT molecular complexity index is 615. The predicted octanol–water partition coefficient (Wildman–Crippen LogP) is 2.80. The van der Waals surface area contributed by atoms with E-state index in [2.05, 4.69) is 11.4 Å². The lowest BCUT2D eigenvalue weighted by molar-refractivity contribution is 0.414. The van der Waals surface area contributed by atoms with Crippen molar-refractivity contribution in [2.45, 2.75) is 6.42 Å². The van der Waals surface area contributed by atoms with E-state index in [9.17, 15) is 0 Å². The van der Waals surface area contributed by atoms with Crippen LogP contribution in [0.3, 0.4) is 0 Å². The molecule has 20 heavy (non-hydrogen) atoms. The summed E-state index contributed by atoms with van der Waals surface area (Å²) in [5.74, 6) is 0.854. The van der Waals surface area contributed by atoms with Gasteiger partial charge in [0.1, 0.15) is 5.75 Å². The van der Waals surface area contributed by atoms with Gasteiger partial charge in [-0.3, -0.25) is 0 Å². The number of nitrogens with two attached hydrogens (primary N) is 1. The summed E-state index contributed by atoms with van der Waals surface area (Å²) in [4.78, 5) is 0. The number of methoxy groups -OCH3 is 1. The van der Waals surface area contributed by atoms with Crippen LogP contribution in [0.25, 0.3) is 0 Å². The van der Waals surface area contributed by atoms with Crippen molar-refractivity contribution >= 4 is 11.4 Å². The highest BCUT2D eigenvalue weighted by atomic mass is 16.5. The molecule has 0 aliphatic rings. The maximum absolute atomic E-state index is 8.88. The number of benzene rings is 2. The molecule has 0 aliphatic carbocycles. The number of anilines is 2. The molecule has 0 atom stereocenters. The average molecular weight is 267 g/mol. The van der Waals surface area contributed by atoms with Gasteiger partial charge in [-0.2, -0.15) is 5.26 Å². The van der Waals surface area contributed by atoms with Gasteiger partial charge < -0.3 is 15.8 Å². The summed E-state index contributed by atoms with van der Waals surface area (Å²) in [7, 11) is 1.65. The second-order valence-corrected chi connectivity index (χ2v) is 4.44. The van der Waals surface area contributed by atoms with Crippen LogP contribution in [-0.4, -0.2) is 13.7 Å². The third-order valence-electron chi connectivity index (χ3n) is 3.07. The van der Waals surface area contributed by atoms with Gasteiger partial charge in [0.2, 0.25) is 0 Å². The van der Waals surface area contributed by atoms with Gasteiger partial charge >= 0.3 is 0 Å². The fourth-order valence-corrected chi connectivity index (χ4v) is 1.91. The molecular formula is C16H17N3O. The normalized spacial score (nSPS) is 9.80. The Labute approximate surface area is 118 Å². The fraction of sp³-hybridized carbons (Fsp3) is 0.188. The zero-order chi connectivity index (χ0) is 14.4. The van der Waals surface area contributed by atoms with Crippen LogP contribution < -0.4 is 15.8 Å². The molecule has 2 aromatic rings. The van der Waals surface area contributed by atoms with Crippen LogP contribution in [0.2, 0.25) is 0 Å². The van der Waals surface area contributed by atoms with Gasteiger partial charge in [0.25, 0.3) is 0 Å². The molecule has 4 nitrogen and oxygen atoms in total. The molecule has 2 aromatic carbocycles. The Balaban J connectivity index is 1.94. The van der Waals surface area contributed by atoms with Crippen molar-refractivity contribution < 1.29 is 4.74 Å². The molecule has 102 valence electrons. The molecule has 3 N–H and O–H groups in total. The van der Waals surface area contributed by atoms with E-state index in [1.807, 2.05) is 24.3 Å². The SMILES string of the molecule is COc1ccc(CCNc2cc(C#N)ccc2N)cc1. The molecule has 0 aliphatic heterocycles. The second kappa shape index (κ2) is 6.48. The Morgan fingerprint density at radius 1 is 1.20 bits per heavy atom. The third kappa shape index (κ3) is 3.42. The molecule has 0 fully saturated rings. The molecule has 0 radical (unpaired) electrons. The van der Waals surface area contributed by atoms with Crippen LogP contribution in [0.15, 0.2) is 42.5 Å². The van der Waals surface area contributed by atoms with Crippen LogP contribution in [-0.2, 0) is 6.42 Å². The number of rotatable bonds is 5. The Hall–Kier alpha value is -2.67. The quantitative estimate of drug-likeness (QED) is 0.817. The van der Waals surface area contributed by atoms with E-state index in [1.165, 1.54) is 5.56 Å². The van der Waals surface area contributed by atoms with Crippen molar-refractivity contribution in [1.29, 1.82) is 5.26 Å². The van der Waals surface area contributed by atoms with Crippen molar-refractivity contribution in [3.63, 3.8) is 0 Å². The van der Waals surface area contributed by atoms with Gasteiger partial charge in [0.05, 0.1) is 30.1 Å². The first kappa shape index (κ1) is 13.8. The number of hydrogen-bond donors (Lipinski definition) is 2. The van der Waals surface area contributed by atoms with Crippen molar-refractivity contribution in [2.24, 2.45) is 0 Å². The summed E-state index contributed by atoms with van der Waals surface area (Å²) in [5.41, 5.74) is 9.15. The molecule has 4 heteroatoms. The minimum absolute atomic E-state index is 0.603. The largest absolute Gasteiger partial charge is 0.497 e. The van der Waals surface area contributed by atoms with E-state index in [4.69, 9.17) is 15.7 Å². The lowest BCUT2D eigenvalue weighted by Crippen LogP contribution is -2.07. The van der Waals surface area contributed by atoms with Crippen LogP contribution in [0.1, 0.15) is 11.1 Å². The second-order valence-electron chi connectivity index (χ2n) is 4.44.